The molecule has 178 valence electrons. The minimum Gasteiger partial charge on any atom is -0.489 e. The summed E-state index contributed by atoms with van der Waals surface area (Å²) in [5, 5.41) is 3.41. The summed E-state index contributed by atoms with van der Waals surface area (Å²) < 4.78 is 6.29. The normalized spacial score (nSPS) is 22.5. The molecule has 1 N–H and O–H groups in total. The zero-order valence-electron chi connectivity index (χ0n) is 19.1. The molecule has 2 atom stereocenters. The number of likely N-dealkylation sites (tertiary alicyclic amines) is 1. The summed E-state index contributed by atoms with van der Waals surface area (Å²) >= 11 is 0. The molecule has 3 amide bonds. The number of hydrogen-bond donors (Lipinski definition) is 1. The number of carbonyl (C=O) groups excluding carboxylic acids is 3. The van der Waals surface area contributed by atoms with Gasteiger partial charge < -0.3 is 9.64 Å². The maximum atomic E-state index is 12.9. The first kappa shape index (κ1) is 21.7. The van der Waals surface area contributed by atoms with Gasteiger partial charge in [-0.1, -0.05) is 12.1 Å². The van der Waals surface area contributed by atoms with Crippen LogP contribution in [0, 0.1) is 0 Å². The summed E-state index contributed by atoms with van der Waals surface area (Å²) in [6.45, 7) is 2.89. The number of rotatable bonds is 5. The molecule has 35 heavy (non-hydrogen) atoms. The van der Waals surface area contributed by atoms with Gasteiger partial charge in [-0.2, -0.15) is 0 Å². The molecule has 0 spiro atoms. The van der Waals surface area contributed by atoms with Gasteiger partial charge in [0, 0.05) is 49.7 Å². The standard InChI is InChI=1S/C26H25N5O4/c32-24-7-6-23(25(33)29-24)31-13-17-10-18(4-5-20(17)26(31)34)35-19-8-9-30(14-19)12-16-2-1-3-22-21(16)11-27-15-28-22/h1-5,10-11,15,19,23H,6-9,12-14H2,(H,29,32,33)/t19-,23?/m0/s1. The molecule has 4 heterocycles. The Kier molecular flexibility index (Phi) is 5.41. The van der Waals surface area contributed by atoms with Gasteiger partial charge in [0.05, 0.1) is 5.52 Å². The Bertz CT molecular complexity index is 1340. The van der Waals surface area contributed by atoms with E-state index < -0.39 is 11.9 Å². The number of nitrogens with one attached hydrogen (secondary N) is 1. The average molecular weight is 472 g/mol. The van der Waals surface area contributed by atoms with Crippen LogP contribution in [0.1, 0.15) is 40.7 Å². The van der Waals surface area contributed by atoms with E-state index in [1.165, 1.54) is 5.56 Å². The van der Waals surface area contributed by atoms with E-state index in [9.17, 15) is 14.4 Å². The van der Waals surface area contributed by atoms with Crippen molar-refractivity contribution in [2.75, 3.05) is 13.1 Å². The second-order valence-electron chi connectivity index (χ2n) is 9.36. The highest BCUT2D eigenvalue weighted by Crippen LogP contribution is 2.31. The first-order valence-electron chi connectivity index (χ1n) is 11.9. The van der Waals surface area contributed by atoms with Crippen molar-refractivity contribution in [3.05, 3.63) is 65.6 Å². The van der Waals surface area contributed by atoms with Crippen molar-refractivity contribution in [3.8, 4) is 5.75 Å². The Morgan fingerprint density at radius 1 is 1.11 bits per heavy atom. The van der Waals surface area contributed by atoms with Gasteiger partial charge in [0.2, 0.25) is 11.8 Å². The highest BCUT2D eigenvalue weighted by molar-refractivity contribution is 6.05. The van der Waals surface area contributed by atoms with Gasteiger partial charge in [-0.05, 0) is 48.2 Å². The largest absolute Gasteiger partial charge is 0.489 e. The third-order valence-electron chi connectivity index (χ3n) is 7.06. The Morgan fingerprint density at radius 3 is 2.91 bits per heavy atom. The molecule has 3 aliphatic heterocycles. The Morgan fingerprint density at radius 2 is 2.03 bits per heavy atom. The summed E-state index contributed by atoms with van der Waals surface area (Å²) in [7, 11) is 0. The predicted octanol–water partition coefficient (Wildman–Crippen LogP) is 2.04. The first-order chi connectivity index (χ1) is 17.0. The number of fused-ring (bicyclic) bond motifs is 2. The van der Waals surface area contributed by atoms with Crippen LogP contribution in [0.15, 0.2) is 48.9 Å². The van der Waals surface area contributed by atoms with Crippen molar-refractivity contribution < 1.29 is 19.1 Å². The number of nitrogens with zero attached hydrogens (tertiary/aromatic N) is 4. The summed E-state index contributed by atoms with van der Waals surface area (Å²) in [5.41, 5.74) is 3.59. The zero-order valence-corrected chi connectivity index (χ0v) is 19.1. The fourth-order valence-electron chi connectivity index (χ4n) is 5.30. The number of aromatic nitrogens is 2. The van der Waals surface area contributed by atoms with E-state index in [0.29, 0.717) is 18.5 Å². The summed E-state index contributed by atoms with van der Waals surface area (Å²) in [5.74, 6) is -0.132. The molecule has 0 aliphatic carbocycles. The van der Waals surface area contributed by atoms with Crippen LogP contribution in [0.4, 0.5) is 0 Å². The van der Waals surface area contributed by atoms with Gasteiger partial charge in [0.1, 0.15) is 24.2 Å². The molecule has 0 bridgehead atoms. The number of imide groups is 1. The van der Waals surface area contributed by atoms with Gasteiger partial charge in [-0.25, -0.2) is 9.97 Å². The minimum atomic E-state index is -0.611. The average Bonchev–Trinajstić information content (AvgIpc) is 3.43. The zero-order chi connectivity index (χ0) is 23.9. The number of piperidine rings is 1. The third kappa shape index (κ3) is 4.12. The Balaban J connectivity index is 1.10. The van der Waals surface area contributed by atoms with Crippen LogP contribution < -0.4 is 10.1 Å². The molecule has 6 rings (SSSR count). The van der Waals surface area contributed by atoms with E-state index in [1.807, 2.05) is 30.5 Å². The molecular weight excluding hydrogens is 446 g/mol. The lowest BCUT2D eigenvalue weighted by Crippen LogP contribution is -2.52. The van der Waals surface area contributed by atoms with Crippen LogP contribution in [-0.4, -0.2) is 62.7 Å². The van der Waals surface area contributed by atoms with Crippen molar-refractivity contribution in [2.24, 2.45) is 0 Å². The van der Waals surface area contributed by atoms with Gasteiger partial charge in [-0.15, -0.1) is 0 Å². The number of amides is 3. The lowest BCUT2D eigenvalue weighted by atomic mass is 10.0. The van der Waals surface area contributed by atoms with E-state index in [4.69, 9.17) is 4.74 Å². The molecular formula is C26H25N5O4. The Hall–Kier alpha value is -3.85. The third-order valence-corrected chi connectivity index (χ3v) is 7.06. The molecule has 3 aromatic rings. The quantitative estimate of drug-likeness (QED) is 0.568. The van der Waals surface area contributed by atoms with Crippen molar-refractivity contribution in [1.82, 2.24) is 25.1 Å². The molecule has 2 saturated heterocycles. The van der Waals surface area contributed by atoms with Crippen molar-refractivity contribution in [3.63, 3.8) is 0 Å². The first-order valence-corrected chi connectivity index (χ1v) is 11.9. The topological polar surface area (TPSA) is 105 Å². The predicted molar refractivity (Wildman–Crippen MR) is 126 cm³/mol. The van der Waals surface area contributed by atoms with Crippen LogP contribution in [-0.2, 0) is 22.7 Å². The van der Waals surface area contributed by atoms with E-state index in [-0.39, 0.29) is 24.3 Å². The SMILES string of the molecule is O=C1CCC(N2Cc3cc(O[C@H]4CCN(Cc5cccc6ncncc56)C4)ccc3C2=O)C(=O)N1. The molecule has 2 aromatic carbocycles. The van der Waals surface area contributed by atoms with E-state index in [0.717, 1.165) is 48.3 Å². The molecule has 1 aromatic heterocycles. The monoisotopic (exact) mass is 471 g/mol. The summed E-state index contributed by atoms with van der Waals surface area (Å²) in [4.78, 5) is 49.1. The highest BCUT2D eigenvalue weighted by Gasteiger charge is 2.39. The van der Waals surface area contributed by atoms with Crippen molar-refractivity contribution in [1.29, 1.82) is 0 Å². The number of ether oxygens (including phenoxy) is 1. The Labute approximate surface area is 202 Å². The van der Waals surface area contributed by atoms with Crippen molar-refractivity contribution >= 4 is 28.6 Å². The van der Waals surface area contributed by atoms with Crippen molar-refractivity contribution in [2.45, 2.75) is 44.5 Å². The minimum absolute atomic E-state index is 0.0580. The lowest BCUT2D eigenvalue weighted by molar-refractivity contribution is -0.136. The lowest BCUT2D eigenvalue weighted by Gasteiger charge is -2.29. The molecule has 9 heteroatoms. The summed E-state index contributed by atoms with van der Waals surface area (Å²) in [6, 6.07) is 11.0. The van der Waals surface area contributed by atoms with Gasteiger partial charge in [0.25, 0.3) is 5.91 Å². The number of carbonyl (C=O) groups is 3. The van der Waals surface area contributed by atoms with Crippen LogP contribution in [0.3, 0.4) is 0 Å². The second-order valence-corrected chi connectivity index (χ2v) is 9.36. The summed E-state index contributed by atoms with van der Waals surface area (Å²) in [6.07, 6.45) is 5.01. The van der Waals surface area contributed by atoms with E-state index in [1.54, 1.807) is 17.3 Å². The highest BCUT2D eigenvalue weighted by atomic mass is 16.5. The second kappa shape index (κ2) is 8.74. The molecule has 2 fully saturated rings. The molecule has 1 unspecified atom stereocenters. The number of benzene rings is 2. The maximum absolute atomic E-state index is 12.9. The molecule has 0 saturated carbocycles. The van der Waals surface area contributed by atoms with Crippen LogP contribution in [0.2, 0.25) is 0 Å². The van der Waals surface area contributed by atoms with Crippen LogP contribution in [0.5, 0.6) is 5.75 Å². The van der Waals surface area contributed by atoms with E-state index in [2.05, 4.69) is 26.3 Å². The number of hydrogen-bond acceptors (Lipinski definition) is 7. The van der Waals surface area contributed by atoms with Gasteiger partial charge >= 0.3 is 0 Å². The molecule has 0 radical (unpaired) electrons. The van der Waals surface area contributed by atoms with Crippen LogP contribution >= 0.6 is 0 Å². The van der Waals surface area contributed by atoms with E-state index >= 15 is 0 Å². The molecule has 3 aliphatic rings. The maximum Gasteiger partial charge on any atom is 0.255 e. The fourth-order valence-corrected chi connectivity index (χ4v) is 5.30. The van der Waals surface area contributed by atoms with Crippen LogP contribution in [0.25, 0.3) is 10.9 Å². The van der Waals surface area contributed by atoms with Gasteiger partial charge in [-0.3, -0.25) is 24.6 Å². The smallest absolute Gasteiger partial charge is 0.255 e. The van der Waals surface area contributed by atoms with Gasteiger partial charge in [0.15, 0.2) is 0 Å². The fraction of sp³-hybridized carbons (Fsp3) is 0.346. The molecule has 9 nitrogen and oxygen atoms in total.